The highest BCUT2D eigenvalue weighted by Gasteiger charge is 2.07. The molecule has 1 N–H and O–H groups in total. The SMILES string of the molecule is CC(C)CNc1nc(-c2ccoc2)ns1. The summed E-state index contributed by atoms with van der Waals surface area (Å²) in [6, 6.07) is 1.86. The molecule has 0 unspecified atom stereocenters. The van der Waals surface area contributed by atoms with E-state index in [0.717, 1.165) is 23.1 Å². The number of nitrogens with zero attached hydrogens (tertiary/aromatic N) is 2. The summed E-state index contributed by atoms with van der Waals surface area (Å²) in [6.45, 7) is 5.23. The highest BCUT2D eigenvalue weighted by atomic mass is 32.1. The second kappa shape index (κ2) is 4.44. The van der Waals surface area contributed by atoms with Crippen LogP contribution in [0.4, 0.5) is 5.13 Å². The lowest BCUT2D eigenvalue weighted by Gasteiger charge is -2.03. The Hall–Kier alpha value is -1.36. The van der Waals surface area contributed by atoms with E-state index in [1.54, 1.807) is 12.5 Å². The van der Waals surface area contributed by atoms with E-state index >= 15 is 0 Å². The van der Waals surface area contributed by atoms with Gasteiger partial charge in [0, 0.05) is 18.1 Å². The van der Waals surface area contributed by atoms with Crippen molar-refractivity contribution in [3.63, 3.8) is 0 Å². The van der Waals surface area contributed by atoms with Gasteiger partial charge in [-0.3, -0.25) is 0 Å². The molecule has 0 aliphatic carbocycles. The summed E-state index contributed by atoms with van der Waals surface area (Å²) >= 11 is 1.38. The minimum Gasteiger partial charge on any atom is -0.472 e. The third-order valence-electron chi connectivity index (χ3n) is 1.87. The molecule has 0 spiro atoms. The lowest BCUT2D eigenvalue weighted by Crippen LogP contribution is -2.07. The van der Waals surface area contributed by atoms with Gasteiger partial charge in [0.05, 0.1) is 11.8 Å². The number of hydrogen-bond donors (Lipinski definition) is 1. The second-order valence-corrected chi connectivity index (χ2v) is 4.46. The Morgan fingerprint density at radius 1 is 1.53 bits per heavy atom. The summed E-state index contributed by atoms with van der Waals surface area (Å²) in [5, 5.41) is 4.10. The van der Waals surface area contributed by atoms with Crippen LogP contribution in [0.1, 0.15) is 13.8 Å². The van der Waals surface area contributed by atoms with Crippen LogP contribution in [-0.4, -0.2) is 15.9 Å². The number of anilines is 1. The summed E-state index contributed by atoms with van der Waals surface area (Å²) < 4.78 is 9.23. The average Bonchev–Trinajstić information content (AvgIpc) is 2.85. The third kappa shape index (κ3) is 2.56. The molecule has 2 aromatic heterocycles. The van der Waals surface area contributed by atoms with Gasteiger partial charge in [0.1, 0.15) is 6.26 Å². The highest BCUT2D eigenvalue weighted by molar-refractivity contribution is 7.09. The number of hydrogen-bond acceptors (Lipinski definition) is 5. The van der Waals surface area contributed by atoms with E-state index in [1.165, 1.54) is 11.5 Å². The molecule has 0 aliphatic heterocycles. The second-order valence-electron chi connectivity index (χ2n) is 3.71. The first-order chi connectivity index (χ1) is 7.25. The molecule has 0 radical (unpaired) electrons. The van der Waals surface area contributed by atoms with Crippen LogP contribution in [0.3, 0.4) is 0 Å². The average molecular weight is 223 g/mol. The Kier molecular flexibility index (Phi) is 3.01. The fraction of sp³-hybridized carbons (Fsp3) is 0.400. The number of rotatable bonds is 4. The first-order valence-corrected chi connectivity index (χ1v) is 5.63. The maximum absolute atomic E-state index is 4.98. The molecule has 15 heavy (non-hydrogen) atoms. The van der Waals surface area contributed by atoms with Gasteiger partial charge in [-0.1, -0.05) is 13.8 Å². The smallest absolute Gasteiger partial charge is 0.202 e. The van der Waals surface area contributed by atoms with Crippen LogP contribution in [0.2, 0.25) is 0 Å². The molecule has 0 aromatic carbocycles. The topological polar surface area (TPSA) is 51.0 Å². The molecule has 2 aromatic rings. The lowest BCUT2D eigenvalue weighted by atomic mass is 10.2. The Balaban J connectivity index is 2.04. The number of nitrogens with one attached hydrogen (secondary N) is 1. The van der Waals surface area contributed by atoms with E-state index in [1.807, 2.05) is 6.07 Å². The summed E-state index contributed by atoms with van der Waals surface area (Å²) in [5.41, 5.74) is 0.920. The van der Waals surface area contributed by atoms with Crippen molar-refractivity contribution in [3.05, 3.63) is 18.6 Å². The number of furan rings is 1. The molecule has 80 valence electrons. The predicted molar refractivity (Wildman–Crippen MR) is 60.9 cm³/mol. The van der Waals surface area contributed by atoms with Gasteiger partial charge in [-0.05, 0) is 12.0 Å². The van der Waals surface area contributed by atoms with Crippen molar-refractivity contribution in [2.75, 3.05) is 11.9 Å². The number of aromatic nitrogens is 2. The maximum Gasteiger partial charge on any atom is 0.202 e. The van der Waals surface area contributed by atoms with Gasteiger partial charge in [-0.2, -0.15) is 9.36 Å². The van der Waals surface area contributed by atoms with Crippen molar-refractivity contribution < 1.29 is 4.42 Å². The van der Waals surface area contributed by atoms with Crippen molar-refractivity contribution >= 4 is 16.7 Å². The zero-order valence-electron chi connectivity index (χ0n) is 8.73. The molecule has 5 heteroatoms. The first-order valence-electron chi connectivity index (χ1n) is 4.86. The zero-order chi connectivity index (χ0) is 10.7. The predicted octanol–water partition coefficient (Wildman–Crippen LogP) is 2.87. The van der Waals surface area contributed by atoms with Gasteiger partial charge >= 0.3 is 0 Å². The summed E-state index contributed by atoms with van der Waals surface area (Å²) in [5.74, 6) is 1.33. The third-order valence-corrected chi connectivity index (χ3v) is 2.54. The van der Waals surface area contributed by atoms with Crippen LogP contribution in [-0.2, 0) is 0 Å². The molecule has 0 amide bonds. The Morgan fingerprint density at radius 2 is 2.40 bits per heavy atom. The summed E-state index contributed by atoms with van der Waals surface area (Å²) in [6.07, 6.45) is 3.27. The molecule has 0 saturated heterocycles. The van der Waals surface area contributed by atoms with Gasteiger partial charge in [-0.25, -0.2) is 0 Å². The van der Waals surface area contributed by atoms with Crippen molar-refractivity contribution in [2.24, 2.45) is 5.92 Å². The van der Waals surface area contributed by atoms with Crippen molar-refractivity contribution in [1.29, 1.82) is 0 Å². The van der Waals surface area contributed by atoms with Gasteiger partial charge in [0.15, 0.2) is 5.82 Å². The van der Waals surface area contributed by atoms with Gasteiger partial charge in [0.25, 0.3) is 0 Å². The molecule has 4 nitrogen and oxygen atoms in total. The Labute approximate surface area is 92.5 Å². The molecular formula is C10H13N3OS. The van der Waals surface area contributed by atoms with Crippen LogP contribution < -0.4 is 5.32 Å². The molecule has 0 saturated carbocycles. The van der Waals surface area contributed by atoms with Crippen LogP contribution in [0.15, 0.2) is 23.0 Å². The highest BCUT2D eigenvalue weighted by Crippen LogP contribution is 2.21. The summed E-state index contributed by atoms with van der Waals surface area (Å²) in [4.78, 5) is 4.36. The van der Waals surface area contributed by atoms with E-state index in [2.05, 4.69) is 28.5 Å². The lowest BCUT2D eigenvalue weighted by molar-refractivity contribution is 0.568. The monoisotopic (exact) mass is 223 g/mol. The molecule has 2 heterocycles. The van der Waals surface area contributed by atoms with Gasteiger partial charge < -0.3 is 9.73 Å². The normalized spacial score (nSPS) is 10.9. The van der Waals surface area contributed by atoms with Crippen LogP contribution >= 0.6 is 11.5 Å². The van der Waals surface area contributed by atoms with E-state index in [0.29, 0.717) is 5.92 Å². The van der Waals surface area contributed by atoms with Crippen molar-refractivity contribution in [1.82, 2.24) is 9.36 Å². The minimum atomic E-state index is 0.603. The van der Waals surface area contributed by atoms with Crippen LogP contribution in [0, 0.1) is 5.92 Å². The molecule has 0 bridgehead atoms. The van der Waals surface area contributed by atoms with Crippen molar-refractivity contribution in [3.8, 4) is 11.4 Å². The van der Waals surface area contributed by atoms with Gasteiger partial charge in [0.2, 0.25) is 5.13 Å². The fourth-order valence-electron chi connectivity index (χ4n) is 1.10. The van der Waals surface area contributed by atoms with E-state index in [9.17, 15) is 0 Å². The minimum absolute atomic E-state index is 0.603. The molecule has 0 aliphatic rings. The Morgan fingerprint density at radius 3 is 3.07 bits per heavy atom. The van der Waals surface area contributed by atoms with E-state index < -0.39 is 0 Å². The standard InChI is InChI=1S/C10H13N3OS/c1-7(2)5-11-10-12-9(13-15-10)8-3-4-14-6-8/h3-4,6-7H,5H2,1-2H3,(H,11,12,13). The molecule has 0 atom stereocenters. The molecule has 0 fully saturated rings. The maximum atomic E-state index is 4.98. The van der Waals surface area contributed by atoms with Gasteiger partial charge in [-0.15, -0.1) is 0 Å². The van der Waals surface area contributed by atoms with Crippen LogP contribution in [0.25, 0.3) is 11.4 Å². The summed E-state index contributed by atoms with van der Waals surface area (Å²) in [7, 11) is 0. The Bertz CT molecular complexity index is 408. The molecular weight excluding hydrogens is 210 g/mol. The van der Waals surface area contributed by atoms with E-state index in [-0.39, 0.29) is 0 Å². The quantitative estimate of drug-likeness (QED) is 0.866. The largest absolute Gasteiger partial charge is 0.472 e. The fourth-order valence-corrected chi connectivity index (χ4v) is 1.69. The molecule has 2 rings (SSSR count). The first kappa shape index (κ1) is 10.2. The zero-order valence-corrected chi connectivity index (χ0v) is 9.54. The van der Waals surface area contributed by atoms with E-state index in [4.69, 9.17) is 4.42 Å². The van der Waals surface area contributed by atoms with Crippen LogP contribution in [0.5, 0.6) is 0 Å². The van der Waals surface area contributed by atoms with Crippen molar-refractivity contribution in [2.45, 2.75) is 13.8 Å².